The summed E-state index contributed by atoms with van der Waals surface area (Å²) in [5.41, 5.74) is 6.55. The summed E-state index contributed by atoms with van der Waals surface area (Å²) >= 11 is 1.43. The van der Waals surface area contributed by atoms with Crippen LogP contribution >= 0.6 is 19.4 Å². The van der Waals surface area contributed by atoms with Crippen LogP contribution in [0.1, 0.15) is 13.3 Å². The molecule has 2 heterocycles. The van der Waals surface area contributed by atoms with Crippen molar-refractivity contribution in [3.05, 3.63) is 6.33 Å². The second-order valence-electron chi connectivity index (χ2n) is 9.27. The van der Waals surface area contributed by atoms with Gasteiger partial charge in [-0.3, -0.25) is 13.6 Å². The second kappa shape index (κ2) is 14.1. The normalized spacial score (nSPS) is 13.1. The molecule has 2 aromatic heterocycles. The number of fused-ring (bicyclic) bond motifs is 1. The molecule has 0 radical (unpaired) electrons. The van der Waals surface area contributed by atoms with Gasteiger partial charge in [-0.1, -0.05) is 33.1 Å². The third kappa shape index (κ3) is 15.0. The van der Waals surface area contributed by atoms with E-state index in [9.17, 15) is 30.9 Å². The molecule has 37 heavy (non-hydrogen) atoms. The molecule has 18 heteroatoms. The number of nitrogen functional groups attached to an aromatic ring is 1. The fourth-order valence-electron chi connectivity index (χ4n) is 2.19. The average molecular weight is 600 g/mol. The van der Waals surface area contributed by atoms with Gasteiger partial charge in [-0.2, -0.15) is 31.3 Å². The minimum absolute atomic E-state index is 0.00405. The van der Waals surface area contributed by atoms with Crippen molar-refractivity contribution in [3.8, 4) is 0 Å². The lowest BCUT2D eigenvalue weighted by molar-refractivity contribution is -0.166. The Kier molecular flexibility index (Phi) is 12.8. The molecule has 2 rings (SSSR count). The van der Waals surface area contributed by atoms with Gasteiger partial charge in [0.2, 0.25) is 5.95 Å². The summed E-state index contributed by atoms with van der Waals surface area (Å²) < 4.78 is 101. The molecule has 2 aromatic rings. The van der Waals surface area contributed by atoms with E-state index in [0.717, 1.165) is 12.2 Å². The van der Waals surface area contributed by atoms with Gasteiger partial charge in [-0.25, -0.2) is 9.97 Å². The molecule has 0 aliphatic heterocycles. The Labute approximate surface area is 216 Å². The summed E-state index contributed by atoms with van der Waals surface area (Å²) in [6.07, 6.45) is -8.66. The number of rotatable bonds is 12. The first-order chi connectivity index (χ1) is 16.8. The number of hydrogen-bond acceptors (Lipinski definition) is 9. The third-order valence-electron chi connectivity index (χ3n) is 3.47. The topological polar surface area (TPSA) is 114 Å². The predicted octanol–water partition coefficient (Wildman–Crippen LogP) is 6.19. The molecule has 0 bridgehead atoms. The van der Waals surface area contributed by atoms with Crippen LogP contribution in [0.3, 0.4) is 0 Å². The SMILES string of the molecule is CCCSc1nc(N)nc2c1ncn2CCOCP(=O)(OCC(F)(F)F)OCC(F)(F)F.C[Si](C)(C)C. The van der Waals surface area contributed by atoms with Crippen LogP contribution in [0, 0.1) is 0 Å². The van der Waals surface area contributed by atoms with Crippen LogP contribution in [0.5, 0.6) is 0 Å². The molecule has 0 aromatic carbocycles. The fourth-order valence-corrected chi connectivity index (χ4v) is 4.29. The van der Waals surface area contributed by atoms with E-state index >= 15 is 0 Å². The molecule has 0 saturated heterocycles. The van der Waals surface area contributed by atoms with E-state index in [4.69, 9.17) is 10.5 Å². The van der Waals surface area contributed by atoms with Gasteiger partial charge in [-0.15, -0.1) is 11.8 Å². The maximum Gasteiger partial charge on any atom is 0.412 e. The maximum absolute atomic E-state index is 12.3. The van der Waals surface area contributed by atoms with Crippen molar-refractivity contribution < 1.29 is 44.7 Å². The first kappa shape index (κ1) is 33.6. The predicted molar refractivity (Wildman–Crippen MR) is 132 cm³/mol. The van der Waals surface area contributed by atoms with Gasteiger partial charge >= 0.3 is 19.9 Å². The molecule has 0 fully saturated rings. The Balaban J connectivity index is 0.00000124. The first-order valence-corrected chi connectivity index (χ1v) is 17.7. The first-order valence-electron chi connectivity index (χ1n) is 11.0. The zero-order valence-corrected chi connectivity index (χ0v) is 23.9. The lowest BCUT2D eigenvalue weighted by Gasteiger charge is -2.20. The highest BCUT2D eigenvalue weighted by Crippen LogP contribution is 2.50. The smallest absolute Gasteiger partial charge is 0.368 e. The maximum atomic E-state index is 12.3. The van der Waals surface area contributed by atoms with E-state index < -0.39 is 47.6 Å². The summed E-state index contributed by atoms with van der Waals surface area (Å²) in [6, 6.07) is 0. The van der Waals surface area contributed by atoms with E-state index in [1.165, 1.54) is 22.7 Å². The Hall–Kier alpha value is -1.39. The Bertz CT molecular complexity index is 1010. The monoisotopic (exact) mass is 599 g/mol. The van der Waals surface area contributed by atoms with Gasteiger partial charge in [0.05, 0.1) is 12.9 Å². The van der Waals surface area contributed by atoms with Crippen molar-refractivity contribution in [2.24, 2.45) is 0 Å². The Morgan fingerprint density at radius 3 is 2.08 bits per heavy atom. The van der Waals surface area contributed by atoms with Crippen molar-refractivity contribution in [1.82, 2.24) is 19.5 Å². The zero-order valence-electron chi connectivity index (χ0n) is 21.1. The molecule has 0 aliphatic rings. The van der Waals surface area contributed by atoms with Crippen LogP contribution in [0.2, 0.25) is 26.2 Å². The summed E-state index contributed by atoms with van der Waals surface area (Å²) in [7, 11) is -5.44. The number of nitrogens with two attached hydrogens (primary N) is 1. The highest BCUT2D eigenvalue weighted by atomic mass is 32.2. The van der Waals surface area contributed by atoms with Gasteiger partial charge in [0.15, 0.2) is 18.9 Å². The molecule has 0 unspecified atom stereocenters. The fraction of sp³-hybridized carbons (Fsp3) is 0.737. The summed E-state index contributed by atoms with van der Waals surface area (Å²) in [5, 5.41) is 0.569. The molecule has 0 spiro atoms. The zero-order chi connectivity index (χ0) is 28.5. The highest BCUT2D eigenvalue weighted by molar-refractivity contribution is 7.99. The number of anilines is 1. The molecule has 0 aliphatic carbocycles. The van der Waals surface area contributed by atoms with Crippen LogP contribution in [0.4, 0.5) is 32.3 Å². The molecule has 0 atom stereocenters. The molecular formula is C19H32F6N5O4PSSi. The minimum Gasteiger partial charge on any atom is -0.368 e. The van der Waals surface area contributed by atoms with Crippen LogP contribution in [0.15, 0.2) is 11.4 Å². The van der Waals surface area contributed by atoms with Gasteiger partial charge < -0.3 is 15.0 Å². The molecule has 214 valence electrons. The van der Waals surface area contributed by atoms with Crippen LogP contribution in [-0.2, 0) is 24.9 Å². The molecular weight excluding hydrogens is 567 g/mol. The number of imidazole rings is 1. The van der Waals surface area contributed by atoms with E-state index in [1.807, 2.05) is 6.92 Å². The molecule has 0 saturated carbocycles. The summed E-state index contributed by atoms with van der Waals surface area (Å²) in [4.78, 5) is 12.4. The second-order valence-corrected chi connectivity index (χ2v) is 18.4. The quantitative estimate of drug-likeness (QED) is 0.0762. The van der Waals surface area contributed by atoms with Gasteiger partial charge in [0.25, 0.3) is 0 Å². The van der Waals surface area contributed by atoms with Crippen LogP contribution < -0.4 is 5.73 Å². The van der Waals surface area contributed by atoms with Gasteiger partial charge in [-0.05, 0) is 12.2 Å². The highest BCUT2D eigenvalue weighted by Gasteiger charge is 2.38. The number of halogens is 6. The minimum atomic E-state index is -4.92. The third-order valence-corrected chi connectivity index (χ3v) is 6.18. The molecule has 0 amide bonds. The summed E-state index contributed by atoms with van der Waals surface area (Å²) in [6.45, 7) is 6.96. The standard InChI is InChI=1S/C15H20F6N5O4PS.C4H12Si/c1-2-5-32-12-10-11(24-13(22)25-12)26(8-23-10)3-4-28-9-31(27,29-6-14(16,17)18)30-7-15(19,20)21;1-5(2,3)4/h8H,2-7,9H2,1H3,(H2,22,24,25);1-4H3. The van der Waals surface area contributed by atoms with Crippen molar-refractivity contribution in [1.29, 1.82) is 0 Å². The Morgan fingerprint density at radius 1 is 1.05 bits per heavy atom. The van der Waals surface area contributed by atoms with E-state index in [1.54, 1.807) is 0 Å². The lowest BCUT2D eigenvalue weighted by Crippen LogP contribution is -2.21. The number of nitrogens with zero attached hydrogens (tertiary/aromatic N) is 4. The number of thioether (sulfide) groups is 1. The van der Waals surface area contributed by atoms with Gasteiger partial charge in [0.1, 0.15) is 16.9 Å². The summed E-state index contributed by atoms with van der Waals surface area (Å²) in [5.74, 6) is 0.775. The number of ether oxygens (including phenoxy) is 1. The van der Waals surface area contributed by atoms with E-state index in [0.29, 0.717) is 16.2 Å². The number of hydrogen-bond donors (Lipinski definition) is 1. The number of aromatic nitrogens is 4. The largest absolute Gasteiger partial charge is 0.412 e. The van der Waals surface area contributed by atoms with Crippen LogP contribution in [0.25, 0.3) is 11.2 Å². The Morgan fingerprint density at radius 2 is 1.59 bits per heavy atom. The van der Waals surface area contributed by atoms with Crippen molar-refractivity contribution >= 4 is 44.5 Å². The molecule has 9 nitrogen and oxygen atoms in total. The lowest BCUT2D eigenvalue weighted by atomic mass is 10.5. The number of alkyl halides is 6. The molecule has 2 N–H and O–H groups in total. The average Bonchev–Trinajstić information content (AvgIpc) is 3.13. The van der Waals surface area contributed by atoms with Crippen molar-refractivity contribution in [2.75, 3.05) is 37.7 Å². The van der Waals surface area contributed by atoms with Crippen LogP contribution in [-0.4, -0.2) is 71.9 Å². The van der Waals surface area contributed by atoms with E-state index in [2.05, 4.69) is 50.2 Å². The van der Waals surface area contributed by atoms with Crippen molar-refractivity contribution in [3.63, 3.8) is 0 Å². The van der Waals surface area contributed by atoms with E-state index in [-0.39, 0.29) is 19.1 Å². The van der Waals surface area contributed by atoms with Gasteiger partial charge in [0, 0.05) is 14.6 Å². The van der Waals surface area contributed by atoms with Crippen molar-refractivity contribution in [2.45, 2.75) is 63.5 Å².